The highest BCUT2D eigenvalue weighted by Gasteiger charge is 2.26. The predicted molar refractivity (Wildman–Crippen MR) is 146 cm³/mol. The Kier molecular flexibility index (Phi) is 6.72. The molecular formula is C26H32N8O3S. The van der Waals surface area contributed by atoms with E-state index in [-0.39, 0.29) is 5.91 Å². The second-order valence-corrected chi connectivity index (χ2v) is 11.1. The Labute approximate surface area is 224 Å². The Morgan fingerprint density at radius 3 is 2.63 bits per heavy atom. The highest BCUT2D eigenvalue weighted by atomic mass is 32.1. The number of morpholine rings is 1. The number of aromatic nitrogens is 5. The number of carbonyl (C=O) groups excluding carboxylic acids is 1. The predicted octanol–water partition coefficient (Wildman–Crippen LogP) is 2.11. The second-order valence-electron chi connectivity index (χ2n) is 9.99. The number of H-pyrrole nitrogens is 1. The lowest BCUT2D eigenvalue weighted by molar-refractivity contribution is -0.141. The first-order valence-corrected chi connectivity index (χ1v) is 13.8. The minimum absolute atomic E-state index is 0.196. The van der Waals surface area contributed by atoms with Crippen LogP contribution in [0.5, 0.6) is 0 Å². The van der Waals surface area contributed by atoms with Crippen LogP contribution in [0.2, 0.25) is 0 Å². The van der Waals surface area contributed by atoms with Gasteiger partial charge in [-0.1, -0.05) is 0 Å². The van der Waals surface area contributed by atoms with Gasteiger partial charge in [-0.15, -0.1) is 11.3 Å². The molecule has 1 amide bonds. The van der Waals surface area contributed by atoms with E-state index in [1.165, 1.54) is 11.8 Å². The number of hydrogen-bond acceptors (Lipinski definition) is 10. The number of aliphatic hydroxyl groups excluding tert-OH is 1. The summed E-state index contributed by atoms with van der Waals surface area (Å²) in [5.41, 5.74) is 4.54. The molecule has 1 atom stereocenters. The zero-order chi connectivity index (χ0) is 26.4. The van der Waals surface area contributed by atoms with Gasteiger partial charge in [0.2, 0.25) is 0 Å². The molecule has 2 aliphatic heterocycles. The number of amides is 1. The van der Waals surface area contributed by atoms with Gasteiger partial charge in [0.15, 0.2) is 17.3 Å². The fourth-order valence-electron chi connectivity index (χ4n) is 5.12. The molecule has 0 spiro atoms. The first kappa shape index (κ1) is 25.1. The summed E-state index contributed by atoms with van der Waals surface area (Å²) in [6.45, 7) is 12.1. The Hall–Kier alpha value is -3.19. The first-order chi connectivity index (χ1) is 18.4. The number of aliphatic hydroxyl groups is 1. The molecule has 2 fully saturated rings. The summed E-state index contributed by atoms with van der Waals surface area (Å²) < 4.78 is 6.71. The van der Waals surface area contributed by atoms with E-state index in [4.69, 9.17) is 14.7 Å². The lowest BCUT2D eigenvalue weighted by Gasteiger charge is -2.35. The number of aromatic amines is 1. The number of hydrogen-bond donors (Lipinski definition) is 2. The summed E-state index contributed by atoms with van der Waals surface area (Å²) in [5, 5.41) is 9.65. The Morgan fingerprint density at radius 1 is 1.13 bits per heavy atom. The summed E-state index contributed by atoms with van der Waals surface area (Å²) in [5.74, 6) is 2.22. The fraction of sp³-hybridized carbons (Fsp3) is 0.500. The van der Waals surface area contributed by atoms with E-state index in [0.29, 0.717) is 37.8 Å². The molecule has 2 N–H and O–H groups in total. The number of anilines is 1. The zero-order valence-electron chi connectivity index (χ0n) is 21.9. The van der Waals surface area contributed by atoms with Gasteiger partial charge in [0.05, 0.1) is 28.9 Å². The van der Waals surface area contributed by atoms with E-state index in [0.717, 1.165) is 71.2 Å². The van der Waals surface area contributed by atoms with Gasteiger partial charge in [0.25, 0.3) is 5.91 Å². The van der Waals surface area contributed by atoms with Gasteiger partial charge in [0, 0.05) is 62.5 Å². The van der Waals surface area contributed by atoms with E-state index < -0.39 is 6.10 Å². The molecule has 4 aromatic heterocycles. The number of nitrogens with zero attached hydrogens (tertiary/aromatic N) is 7. The van der Waals surface area contributed by atoms with Crippen molar-refractivity contribution in [3.8, 4) is 11.4 Å². The number of fused-ring (bicyclic) bond motifs is 2. The van der Waals surface area contributed by atoms with Crippen LogP contribution in [0.3, 0.4) is 0 Å². The van der Waals surface area contributed by atoms with Crippen molar-refractivity contribution in [1.82, 2.24) is 34.7 Å². The van der Waals surface area contributed by atoms with Crippen molar-refractivity contribution < 1.29 is 14.6 Å². The largest absolute Gasteiger partial charge is 0.384 e. The summed E-state index contributed by atoms with van der Waals surface area (Å²) in [6, 6.07) is 2.02. The van der Waals surface area contributed by atoms with Crippen molar-refractivity contribution in [1.29, 1.82) is 0 Å². The number of carbonyl (C=O) groups is 1. The number of pyridine rings is 1. The monoisotopic (exact) mass is 536 g/mol. The third-order valence-electron chi connectivity index (χ3n) is 7.28. The van der Waals surface area contributed by atoms with Crippen LogP contribution in [-0.4, -0.2) is 104 Å². The van der Waals surface area contributed by atoms with Crippen LogP contribution in [-0.2, 0) is 16.1 Å². The SMILES string of the molecule is Cc1nc2ncc(-c3nc(N4CCOCC4)c4sc(CN5CCN(C(=O)[C@H](C)O)CC5)c(C)c4n3)cc2[nH]1. The van der Waals surface area contributed by atoms with E-state index in [1.807, 2.05) is 13.0 Å². The third-order valence-corrected chi connectivity index (χ3v) is 8.54. The standard InChI is InChI=1S/C26H32N8O3S/c1-15-20(14-32-4-6-34(7-5-32)26(36)16(2)35)38-22-21(15)30-23(31-25(22)33-8-10-37-11-9-33)18-12-19-24(27-13-18)29-17(3)28-19/h12-13,16,35H,4-11,14H2,1-3H3,(H,27,28,29)/t16-/m0/s1. The summed E-state index contributed by atoms with van der Waals surface area (Å²) >= 11 is 1.76. The Balaban J connectivity index is 1.34. The number of ether oxygens (including phenoxy) is 1. The summed E-state index contributed by atoms with van der Waals surface area (Å²) in [4.78, 5) is 42.2. The number of rotatable bonds is 5. The van der Waals surface area contributed by atoms with Crippen molar-refractivity contribution in [2.45, 2.75) is 33.4 Å². The quantitative estimate of drug-likeness (QED) is 0.395. The highest BCUT2D eigenvalue weighted by molar-refractivity contribution is 7.19. The van der Waals surface area contributed by atoms with E-state index in [2.05, 4.69) is 31.7 Å². The smallest absolute Gasteiger partial charge is 0.251 e. The second kappa shape index (κ2) is 10.2. The molecule has 38 heavy (non-hydrogen) atoms. The molecule has 11 nitrogen and oxygen atoms in total. The van der Waals surface area contributed by atoms with Gasteiger partial charge < -0.3 is 24.6 Å². The van der Waals surface area contributed by atoms with E-state index >= 15 is 0 Å². The Bertz CT molecular complexity index is 1480. The molecule has 6 rings (SSSR count). The molecule has 0 saturated carbocycles. The normalized spacial score (nSPS) is 18.0. The van der Waals surface area contributed by atoms with Crippen LogP contribution in [0.25, 0.3) is 32.8 Å². The minimum Gasteiger partial charge on any atom is -0.384 e. The van der Waals surface area contributed by atoms with Crippen molar-refractivity contribution >= 4 is 44.4 Å². The lowest BCUT2D eigenvalue weighted by Crippen LogP contribution is -2.50. The van der Waals surface area contributed by atoms with Crippen LogP contribution in [0.1, 0.15) is 23.2 Å². The number of imidazole rings is 1. The number of nitrogens with one attached hydrogen (secondary N) is 1. The molecule has 6 heterocycles. The van der Waals surface area contributed by atoms with Gasteiger partial charge in [-0.2, -0.15) is 0 Å². The van der Waals surface area contributed by atoms with Gasteiger partial charge in [-0.25, -0.2) is 19.9 Å². The fourth-order valence-corrected chi connectivity index (χ4v) is 6.43. The summed E-state index contributed by atoms with van der Waals surface area (Å²) in [7, 11) is 0. The third kappa shape index (κ3) is 4.73. The molecule has 4 aromatic rings. The molecule has 12 heteroatoms. The zero-order valence-corrected chi connectivity index (χ0v) is 22.7. The Morgan fingerprint density at radius 2 is 1.89 bits per heavy atom. The van der Waals surface area contributed by atoms with Gasteiger partial charge >= 0.3 is 0 Å². The minimum atomic E-state index is -0.953. The maximum atomic E-state index is 12.2. The van der Waals surface area contributed by atoms with Crippen LogP contribution in [0.4, 0.5) is 5.82 Å². The van der Waals surface area contributed by atoms with Crippen LogP contribution >= 0.6 is 11.3 Å². The number of thiophene rings is 1. The van der Waals surface area contributed by atoms with Crippen LogP contribution in [0, 0.1) is 13.8 Å². The molecule has 0 radical (unpaired) electrons. The van der Waals surface area contributed by atoms with Crippen molar-refractivity contribution in [2.24, 2.45) is 0 Å². The van der Waals surface area contributed by atoms with Crippen LogP contribution in [0.15, 0.2) is 12.3 Å². The molecule has 2 saturated heterocycles. The lowest BCUT2D eigenvalue weighted by atomic mass is 10.2. The molecule has 2 aliphatic rings. The maximum absolute atomic E-state index is 12.2. The van der Waals surface area contributed by atoms with E-state index in [9.17, 15) is 9.90 Å². The molecule has 0 bridgehead atoms. The summed E-state index contributed by atoms with van der Waals surface area (Å²) in [6.07, 6.45) is 0.842. The molecule has 0 aromatic carbocycles. The maximum Gasteiger partial charge on any atom is 0.251 e. The molecule has 0 unspecified atom stereocenters. The molecule has 0 aliphatic carbocycles. The number of piperazine rings is 1. The van der Waals surface area contributed by atoms with Gasteiger partial charge in [-0.3, -0.25) is 9.69 Å². The average Bonchev–Trinajstić information content (AvgIpc) is 3.46. The van der Waals surface area contributed by atoms with Crippen LogP contribution < -0.4 is 4.90 Å². The van der Waals surface area contributed by atoms with Crippen molar-refractivity contribution in [3.63, 3.8) is 0 Å². The van der Waals surface area contributed by atoms with Gasteiger partial charge in [0.1, 0.15) is 11.9 Å². The first-order valence-electron chi connectivity index (χ1n) is 13.0. The number of aryl methyl sites for hydroxylation is 2. The van der Waals surface area contributed by atoms with Crippen molar-refractivity contribution in [3.05, 3.63) is 28.5 Å². The van der Waals surface area contributed by atoms with Gasteiger partial charge in [-0.05, 0) is 32.4 Å². The topological polar surface area (TPSA) is 124 Å². The highest BCUT2D eigenvalue weighted by Crippen LogP contribution is 2.38. The van der Waals surface area contributed by atoms with E-state index in [1.54, 1.807) is 22.4 Å². The molecule has 200 valence electrons. The van der Waals surface area contributed by atoms with Crippen molar-refractivity contribution in [2.75, 3.05) is 57.4 Å². The molecular weight excluding hydrogens is 504 g/mol. The average molecular weight is 537 g/mol.